The van der Waals surface area contributed by atoms with E-state index in [2.05, 4.69) is 25.0 Å². The minimum atomic E-state index is -4.54. The predicted octanol–water partition coefficient (Wildman–Crippen LogP) is 5.64. The number of fused-ring (bicyclic) bond motifs is 1. The van der Waals surface area contributed by atoms with E-state index in [1.165, 1.54) is 10.9 Å². The van der Waals surface area contributed by atoms with Crippen LogP contribution < -0.4 is 4.74 Å². The number of ether oxygens (including phenoxy) is 1. The third-order valence-corrected chi connectivity index (χ3v) is 8.92. The van der Waals surface area contributed by atoms with E-state index in [1.807, 2.05) is 19.9 Å². The molecule has 214 valence electrons. The summed E-state index contributed by atoms with van der Waals surface area (Å²) in [5.74, 6) is 0.270. The van der Waals surface area contributed by atoms with Crippen molar-refractivity contribution < 1.29 is 26.7 Å². The molecule has 0 aromatic carbocycles. The van der Waals surface area contributed by atoms with E-state index in [4.69, 9.17) is 9.72 Å². The van der Waals surface area contributed by atoms with Gasteiger partial charge in [-0.05, 0) is 0 Å². The van der Waals surface area contributed by atoms with Gasteiger partial charge in [0.25, 0.3) is 0 Å². The Balaban J connectivity index is 1.38. The van der Waals surface area contributed by atoms with Crippen LogP contribution in [0.1, 0.15) is 60.2 Å². The van der Waals surface area contributed by atoms with E-state index in [-0.39, 0.29) is 43.7 Å². The van der Waals surface area contributed by atoms with Crippen molar-refractivity contribution in [3.63, 3.8) is 0 Å². The number of alkyl halides is 5. The van der Waals surface area contributed by atoms with Crippen molar-refractivity contribution in [1.82, 2.24) is 39.3 Å². The molecule has 0 aliphatic heterocycles. The molecule has 1 fully saturated rings. The van der Waals surface area contributed by atoms with Gasteiger partial charge in [0.2, 0.25) is 0 Å². The Bertz CT molecular complexity index is 1740. The molecule has 41 heavy (non-hydrogen) atoms. The molecule has 5 aromatic rings. The molecular formula is C26H23F5N8OSe. The zero-order valence-electron chi connectivity index (χ0n) is 22.0. The van der Waals surface area contributed by atoms with Crippen LogP contribution in [0.5, 0.6) is 5.88 Å². The van der Waals surface area contributed by atoms with Crippen molar-refractivity contribution in [3.05, 3.63) is 52.4 Å². The van der Waals surface area contributed by atoms with Crippen LogP contribution >= 0.6 is 0 Å². The number of halogens is 5. The Morgan fingerprint density at radius 1 is 1.10 bits per heavy atom. The van der Waals surface area contributed by atoms with Crippen LogP contribution in [0.4, 0.5) is 22.0 Å². The predicted molar refractivity (Wildman–Crippen MR) is 139 cm³/mol. The van der Waals surface area contributed by atoms with E-state index in [9.17, 15) is 22.0 Å². The van der Waals surface area contributed by atoms with Gasteiger partial charge < -0.3 is 0 Å². The van der Waals surface area contributed by atoms with Crippen LogP contribution in [0.3, 0.4) is 0 Å². The summed E-state index contributed by atoms with van der Waals surface area (Å²) in [7, 11) is 0. The average molecular weight is 637 g/mol. The summed E-state index contributed by atoms with van der Waals surface area (Å²) in [6.45, 7) is 2.64. The summed E-state index contributed by atoms with van der Waals surface area (Å²) < 4.78 is 76.2. The van der Waals surface area contributed by atoms with E-state index in [0.29, 0.717) is 34.8 Å². The molecular weight excluding hydrogens is 614 g/mol. The molecule has 0 spiro atoms. The van der Waals surface area contributed by atoms with Gasteiger partial charge in [0.1, 0.15) is 0 Å². The second-order valence-corrected chi connectivity index (χ2v) is 12.4. The van der Waals surface area contributed by atoms with E-state index >= 15 is 0 Å². The van der Waals surface area contributed by atoms with Crippen molar-refractivity contribution >= 4 is 25.5 Å². The molecule has 1 saturated carbocycles. The quantitative estimate of drug-likeness (QED) is 0.161. The fraction of sp³-hybridized carbons (Fsp3) is 0.385. The van der Waals surface area contributed by atoms with Gasteiger partial charge in [-0.3, -0.25) is 0 Å². The van der Waals surface area contributed by atoms with Crippen molar-refractivity contribution in [2.45, 2.75) is 64.9 Å². The van der Waals surface area contributed by atoms with Crippen molar-refractivity contribution in [3.8, 4) is 27.5 Å². The van der Waals surface area contributed by atoms with Gasteiger partial charge in [0.05, 0.1) is 0 Å². The average Bonchev–Trinajstić information content (AvgIpc) is 3.28. The maximum absolute atomic E-state index is 13.4. The standard InChI is InChI=1S/C26H23F5N8OSe/c1-12(2)38-10-18(26(29,30)31)36-23(38)17-7-6-15(41-17)9-39-22-16(8-34-39)13(3)35-21(37-22)19-20(14-4-5-14)32-11-33-24(19)40-25(27)28/h6-8,10-12,14,25H,4-5,9H2,1-3H3. The number of nitrogens with zero attached hydrogens (tertiary/aromatic N) is 8. The van der Waals surface area contributed by atoms with Gasteiger partial charge in [-0.1, -0.05) is 0 Å². The van der Waals surface area contributed by atoms with E-state index < -0.39 is 18.5 Å². The maximum atomic E-state index is 13.4. The minimum absolute atomic E-state index is 0.0876. The molecule has 0 amide bonds. The molecule has 6 rings (SSSR count). The Labute approximate surface area is 236 Å². The zero-order valence-corrected chi connectivity index (χ0v) is 23.7. The molecule has 1 aliphatic rings. The van der Waals surface area contributed by atoms with E-state index in [0.717, 1.165) is 27.9 Å². The summed E-state index contributed by atoms with van der Waals surface area (Å²) >= 11 is -0.311. The summed E-state index contributed by atoms with van der Waals surface area (Å²) in [5.41, 5.74) is 0.953. The number of hydrogen-bond donors (Lipinski definition) is 0. The van der Waals surface area contributed by atoms with Crippen molar-refractivity contribution in [2.24, 2.45) is 0 Å². The molecule has 5 heterocycles. The van der Waals surface area contributed by atoms with Crippen LogP contribution in [0.25, 0.3) is 32.7 Å². The van der Waals surface area contributed by atoms with Crippen LogP contribution in [-0.4, -0.2) is 60.4 Å². The number of hydrogen-bond acceptors (Lipinski definition) is 7. The normalized spacial score (nSPS) is 14.1. The summed E-state index contributed by atoms with van der Waals surface area (Å²) in [4.78, 5) is 21.4. The Morgan fingerprint density at radius 3 is 2.56 bits per heavy atom. The van der Waals surface area contributed by atoms with Crippen LogP contribution in [0.15, 0.2) is 30.9 Å². The van der Waals surface area contributed by atoms with Crippen LogP contribution in [0, 0.1) is 6.92 Å². The molecule has 15 heteroatoms. The van der Waals surface area contributed by atoms with Gasteiger partial charge in [-0.15, -0.1) is 0 Å². The third-order valence-electron chi connectivity index (χ3n) is 6.68. The van der Waals surface area contributed by atoms with Gasteiger partial charge in [0.15, 0.2) is 0 Å². The van der Waals surface area contributed by atoms with Gasteiger partial charge in [0, 0.05) is 0 Å². The molecule has 0 N–H and O–H groups in total. The first-order valence-electron chi connectivity index (χ1n) is 12.7. The first-order chi connectivity index (χ1) is 19.5. The van der Waals surface area contributed by atoms with Crippen molar-refractivity contribution in [1.29, 1.82) is 0 Å². The molecule has 9 nitrogen and oxygen atoms in total. The third kappa shape index (κ3) is 5.35. The second-order valence-electron chi connectivity index (χ2n) is 9.98. The molecule has 1 aliphatic carbocycles. The zero-order chi connectivity index (χ0) is 29.1. The van der Waals surface area contributed by atoms with Gasteiger partial charge >= 0.3 is 236 Å². The number of aryl methyl sites for hydroxylation is 1. The topological polar surface area (TPSA) is 96.4 Å². The van der Waals surface area contributed by atoms with E-state index in [1.54, 1.807) is 23.9 Å². The number of aromatic nitrogens is 8. The SMILES string of the molecule is Cc1nc(-c2c(OC(F)F)ncnc2C2CC2)nc2c1cnn2Cc1ccc(-c2nc(C(F)(F)F)cn2C(C)C)[se]1. The first-order valence-corrected chi connectivity index (χ1v) is 14.5. The molecule has 0 radical (unpaired) electrons. The Morgan fingerprint density at radius 2 is 1.88 bits per heavy atom. The Hall–Kier alpha value is -3.71. The van der Waals surface area contributed by atoms with Crippen molar-refractivity contribution in [2.75, 3.05) is 0 Å². The fourth-order valence-corrected chi connectivity index (χ4v) is 6.66. The monoisotopic (exact) mass is 638 g/mol. The molecule has 5 aromatic heterocycles. The Kier molecular flexibility index (Phi) is 6.89. The fourth-order valence-electron chi connectivity index (χ4n) is 4.59. The molecule has 0 bridgehead atoms. The first kappa shape index (κ1) is 27.5. The van der Waals surface area contributed by atoms with Gasteiger partial charge in [-0.2, -0.15) is 0 Å². The molecule has 0 unspecified atom stereocenters. The summed E-state index contributed by atoms with van der Waals surface area (Å²) in [6.07, 6.45) is 1.07. The van der Waals surface area contributed by atoms with Gasteiger partial charge in [-0.25, -0.2) is 0 Å². The number of imidazole rings is 1. The van der Waals surface area contributed by atoms with Crippen LogP contribution in [0.2, 0.25) is 0 Å². The molecule has 0 atom stereocenters. The summed E-state index contributed by atoms with van der Waals surface area (Å²) in [6, 6.07) is 3.46. The van der Waals surface area contributed by atoms with Crippen LogP contribution in [-0.2, 0) is 12.7 Å². The number of rotatable bonds is 8. The molecule has 0 saturated heterocycles. The summed E-state index contributed by atoms with van der Waals surface area (Å²) in [5, 5.41) is 5.16. The second kappa shape index (κ2) is 10.3.